The lowest BCUT2D eigenvalue weighted by Gasteiger charge is -1.94. The van der Waals surface area contributed by atoms with Gasteiger partial charge in [0.2, 0.25) is 11.8 Å². The van der Waals surface area contributed by atoms with Crippen LogP contribution in [-0.2, 0) is 6.42 Å². The average Bonchev–Trinajstić information content (AvgIpc) is 2.78. The average molecular weight is 233 g/mol. The number of benzene rings is 1. The third-order valence-corrected chi connectivity index (χ3v) is 2.23. The Hall–Kier alpha value is -2.24. The van der Waals surface area contributed by atoms with E-state index >= 15 is 0 Å². The molecule has 17 heavy (non-hydrogen) atoms. The van der Waals surface area contributed by atoms with Crippen LogP contribution in [0.4, 0.5) is 5.69 Å². The molecule has 1 aromatic heterocycles. The molecule has 0 saturated carbocycles. The Morgan fingerprint density at radius 1 is 1.41 bits per heavy atom. The Labute approximate surface area is 97.4 Å². The number of rotatable bonds is 4. The highest BCUT2D eigenvalue weighted by Gasteiger charge is 2.12. The van der Waals surface area contributed by atoms with Crippen LogP contribution in [0, 0.1) is 10.1 Å². The fraction of sp³-hybridized carbons (Fsp3) is 0.273. The minimum absolute atomic E-state index is 0.0118. The molecule has 0 amide bonds. The standard InChI is InChI=1S/C11H11N3O3/c1-2-4-10-12-13-11(17-10)8-5-3-6-9(7-8)14(15)16/h3,5-7H,2,4H2,1H3. The van der Waals surface area contributed by atoms with E-state index in [4.69, 9.17) is 4.42 Å². The molecule has 6 heteroatoms. The molecule has 2 rings (SSSR count). The second-order valence-corrected chi connectivity index (χ2v) is 3.56. The van der Waals surface area contributed by atoms with Crippen LogP contribution < -0.4 is 0 Å². The zero-order valence-electron chi connectivity index (χ0n) is 9.29. The summed E-state index contributed by atoms with van der Waals surface area (Å²) in [5.74, 6) is 0.867. The number of non-ortho nitro benzene ring substituents is 1. The monoisotopic (exact) mass is 233 g/mol. The Kier molecular flexibility index (Phi) is 3.13. The molecule has 0 N–H and O–H groups in total. The highest BCUT2D eigenvalue weighted by Crippen LogP contribution is 2.22. The highest BCUT2D eigenvalue weighted by molar-refractivity contribution is 5.57. The van der Waals surface area contributed by atoms with Crippen molar-refractivity contribution in [2.24, 2.45) is 0 Å². The van der Waals surface area contributed by atoms with Gasteiger partial charge in [-0.2, -0.15) is 0 Å². The van der Waals surface area contributed by atoms with E-state index in [1.165, 1.54) is 12.1 Å². The smallest absolute Gasteiger partial charge is 0.270 e. The highest BCUT2D eigenvalue weighted by atomic mass is 16.6. The molecule has 1 aromatic carbocycles. The molecule has 0 bridgehead atoms. The summed E-state index contributed by atoms with van der Waals surface area (Å²) < 4.78 is 5.40. The molecule has 0 unspecified atom stereocenters. The summed E-state index contributed by atoms with van der Waals surface area (Å²) in [6.45, 7) is 2.01. The molecule has 2 aromatic rings. The van der Waals surface area contributed by atoms with Gasteiger partial charge in [-0.1, -0.05) is 13.0 Å². The van der Waals surface area contributed by atoms with Crippen molar-refractivity contribution >= 4 is 5.69 Å². The third-order valence-electron chi connectivity index (χ3n) is 2.23. The fourth-order valence-electron chi connectivity index (χ4n) is 1.44. The molecule has 0 aliphatic carbocycles. The van der Waals surface area contributed by atoms with Gasteiger partial charge in [0.25, 0.3) is 5.69 Å². The molecule has 0 fully saturated rings. The minimum atomic E-state index is -0.452. The normalized spacial score (nSPS) is 10.4. The van der Waals surface area contributed by atoms with Gasteiger partial charge in [0, 0.05) is 24.1 Å². The van der Waals surface area contributed by atoms with Crippen LogP contribution in [0.2, 0.25) is 0 Å². The fourth-order valence-corrected chi connectivity index (χ4v) is 1.44. The number of nitro benzene ring substituents is 1. The van der Waals surface area contributed by atoms with Gasteiger partial charge in [-0.25, -0.2) is 0 Å². The molecule has 0 aliphatic rings. The van der Waals surface area contributed by atoms with Gasteiger partial charge in [0.1, 0.15) is 0 Å². The Morgan fingerprint density at radius 2 is 2.24 bits per heavy atom. The lowest BCUT2D eigenvalue weighted by molar-refractivity contribution is -0.384. The van der Waals surface area contributed by atoms with Gasteiger partial charge in [-0.15, -0.1) is 10.2 Å². The molecule has 0 aliphatic heterocycles. The van der Waals surface area contributed by atoms with E-state index in [0.717, 1.165) is 6.42 Å². The van der Waals surface area contributed by atoms with Crippen molar-refractivity contribution in [2.75, 3.05) is 0 Å². The summed E-state index contributed by atoms with van der Waals surface area (Å²) in [7, 11) is 0. The molecule has 6 nitrogen and oxygen atoms in total. The minimum Gasteiger partial charge on any atom is -0.421 e. The van der Waals surface area contributed by atoms with E-state index in [0.29, 0.717) is 23.8 Å². The largest absolute Gasteiger partial charge is 0.421 e. The summed E-state index contributed by atoms with van der Waals surface area (Å²) in [6, 6.07) is 6.14. The van der Waals surface area contributed by atoms with Crippen molar-refractivity contribution in [3.63, 3.8) is 0 Å². The molecular weight excluding hydrogens is 222 g/mol. The van der Waals surface area contributed by atoms with Crippen LogP contribution in [0.3, 0.4) is 0 Å². The number of aromatic nitrogens is 2. The maximum absolute atomic E-state index is 10.6. The van der Waals surface area contributed by atoms with E-state index in [2.05, 4.69) is 10.2 Å². The summed E-state index contributed by atoms with van der Waals surface area (Å²) in [4.78, 5) is 10.2. The SMILES string of the molecule is CCCc1nnc(-c2cccc([N+](=O)[O-])c2)o1. The number of nitrogens with zero attached hydrogens (tertiary/aromatic N) is 3. The summed E-state index contributed by atoms with van der Waals surface area (Å²) in [5.41, 5.74) is 0.576. The van der Waals surface area contributed by atoms with Crippen molar-refractivity contribution in [3.8, 4) is 11.5 Å². The second-order valence-electron chi connectivity index (χ2n) is 3.56. The topological polar surface area (TPSA) is 82.1 Å². The van der Waals surface area contributed by atoms with Gasteiger partial charge >= 0.3 is 0 Å². The van der Waals surface area contributed by atoms with Crippen molar-refractivity contribution in [2.45, 2.75) is 19.8 Å². The number of aryl methyl sites for hydroxylation is 1. The van der Waals surface area contributed by atoms with Crippen molar-refractivity contribution in [3.05, 3.63) is 40.3 Å². The van der Waals surface area contributed by atoms with Crippen LogP contribution in [0.1, 0.15) is 19.2 Å². The van der Waals surface area contributed by atoms with Crippen LogP contribution in [0.25, 0.3) is 11.5 Å². The maximum atomic E-state index is 10.6. The lowest BCUT2D eigenvalue weighted by Crippen LogP contribution is -1.88. The van der Waals surface area contributed by atoms with Crippen LogP contribution in [0.5, 0.6) is 0 Å². The maximum Gasteiger partial charge on any atom is 0.270 e. The first-order chi connectivity index (χ1) is 8.20. The van der Waals surface area contributed by atoms with Crippen LogP contribution in [0.15, 0.2) is 28.7 Å². The Morgan fingerprint density at radius 3 is 2.94 bits per heavy atom. The third kappa shape index (κ3) is 2.47. The van der Waals surface area contributed by atoms with E-state index < -0.39 is 4.92 Å². The first kappa shape index (κ1) is 11.3. The van der Waals surface area contributed by atoms with E-state index in [1.807, 2.05) is 6.92 Å². The van der Waals surface area contributed by atoms with Gasteiger partial charge < -0.3 is 4.42 Å². The zero-order chi connectivity index (χ0) is 12.3. The molecule has 0 spiro atoms. The summed E-state index contributed by atoms with van der Waals surface area (Å²) in [6.07, 6.45) is 1.62. The number of hydrogen-bond acceptors (Lipinski definition) is 5. The second kappa shape index (κ2) is 4.73. The van der Waals surface area contributed by atoms with E-state index in [-0.39, 0.29) is 5.69 Å². The van der Waals surface area contributed by atoms with Gasteiger partial charge in [-0.3, -0.25) is 10.1 Å². The molecule has 88 valence electrons. The first-order valence-corrected chi connectivity index (χ1v) is 5.28. The van der Waals surface area contributed by atoms with E-state index in [9.17, 15) is 10.1 Å². The number of nitro groups is 1. The molecule has 0 saturated heterocycles. The van der Waals surface area contributed by atoms with Crippen molar-refractivity contribution in [1.29, 1.82) is 0 Å². The summed E-state index contributed by atoms with van der Waals surface area (Å²) in [5, 5.41) is 18.4. The van der Waals surface area contributed by atoms with Gasteiger partial charge in [0.05, 0.1) is 4.92 Å². The van der Waals surface area contributed by atoms with Gasteiger partial charge in [-0.05, 0) is 12.5 Å². The number of hydrogen-bond donors (Lipinski definition) is 0. The molecule has 0 atom stereocenters. The predicted molar refractivity (Wildman–Crippen MR) is 60.4 cm³/mol. The first-order valence-electron chi connectivity index (χ1n) is 5.28. The predicted octanol–water partition coefficient (Wildman–Crippen LogP) is 2.60. The Bertz CT molecular complexity index is 536. The molecule has 1 heterocycles. The Balaban J connectivity index is 2.32. The van der Waals surface area contributed by atoms with Crippen molar-refractivity contribution in [1.82, 2.24) is 10.2 Å². The van der Waals surface area contributed by atoms with Crippen LogP contribution >= 0.6 is 0 Å². The zero-order valence-corrected chi connectivity index (χ0v) is 9.29. The molecular formula is C11H11N3O3. The lowest BCUT2D eigenvalue weighted by atomic mass is 10.2. The van der Waals surface area contributed by atoms with Crippen molar-refractivity contribution < 1.29 is 9.34 Å². The molecule has 0 radical (unpaired) electrons. The van der Waals surface area contributed by atoms with Crippen LogP contribution in [-0.4, -0.2) is 15.1 Å². The van der Waals surface area contributed by atoms with E-state index in [1.54, 1.807) is 12.1 Å². The summed E-state index contributed by atoms with van der Waals surface area (Å²) >= 11 is 0. The van der Waals surface area contributed by atoms with Gasteiger partial charge in [0.15, 0.2) is 0 Å². The quantitative estimate of drug-likeness (QED) is 0.598.